The van der Waals surface area contributed by atoms with Gasteiger partial charge in [0.2, 0.25) is 11.6 Å². The topological polar surface area (TPSA) is 311 Å². The summed E-state index contributed by atoms with van der Waals surface area (Å²) in [6, 6.07) is -1.23. The van der Waals surface area contributed by atoms with Gasteiger partial charge in [0, 0.05) is 114 Å². The van der Waals surface area contributed by atoms with E-state index in [1.54, 1.807) is 48.0 Å². The van der Waals surface area contributed by atoms with E-state index in [9.17, 15) is 58.2 Å². The Hall–Kier alpha value is -6.60. The molecule has 2 N–H and O–H groups in total. The first-order chi connectivity index (χ1) is 48.9. The smallest absolute Gasteiger partial charge is 0.342 e. The standard InChI is InChI=1S/C80H111NO22/c1-44-23-17-16-18-24-45(2)58(95-11)39-52-30-28-50(7)80(93,103-52)74(89)75(90)81-34-22-21-25-55(81)77(92)100-59(47(4)37-51-29-32-56(82)60(38-51)96-12)40-57(83)46(3)36-49(6)71(73(97-13)69(87)48(5)35-44)102-65(86)27-20-15-14-19-26-64(85)99-61-41-78(8)54(31-33-62(78)84)66-68(61)79(9)63(43-94-10)101-76(91)53-42-98-72(67(53)79)70(66)88/h16-18,23-24,36,42,44,46-48,50-52,54-56,58-61,63,71,73,82,93H,14-15,19-22,25-35,37-41,43H2,1-13H3/b18-16+,23-17+,45-24+,49-36+/t44-,46-,47-,48-,50-,51+,52+,54+,55+,56-,58+,59+,60-,61-,63-,71-,73+,78+,79+,80-/m1/s1. The predicted molar refractivity (Wildman–Crippen MR) is 376 cm³/mol. The van der Waals surface area contributed by atoms with Crippen LogP contribution in [0.2, 0.25) is 0 Å². The van der Waals surface area contributed by atoms with Crippen LogP contribution in [0.4, 0.5) is 0 Å². The Balaban J connectivity index is 0.923. The molecule has 2 saturated carbocycles. The van der Waals surface area contributed by atoms with E-state index in [2.05, 4.69) is 0 Å². The quantitative estimate of drug-likeness (QED) is 0.0481. The van der Waals surface area contributed by atoms with Crippen molar-refractivity contribution in [2.24, 2.45) is 46.8 Å². The molecule has 0 spiro atoms. The monoisotopic (exact) mass is 1440 g/mol. The zero-order chi connectivity index (χ0) is 75.0. The highest BCUT2D eigenvalue weighted by Crippen LogP contribution is 2.61. The average Bonchev–Trinajstić information content (AvgIpc) is 1.58. The summed E-state index contributed by atoms with van der Waals surface area (Å²) in [5.41, 5.74) is 0.325. The number of allylic oxidation sites excluding steroid dienone is 7. The van der Waals surface area contributed by atoms with Crippen molar-refractivity contribution in [3.63, 3.8) is 0 Å². The van der Waals surface area contributed by atoms with E-state index >= 15 is 0 Å². The lowest BCUT2D eigenvalue weighted by Crippen LogP contribution is -2.61. The van der Waals surface area contributed by atoms with Gasteiger partial charge in [-0.15, -0.1) is 0 Å². The molecular formula is C80H111NO22. The first-order valence-electron chi connectivity index (χ1n) is 37.5. The number of carbonyl (C=O) groups excluding carboxylic acids is 10. The van der Waals surface area contributed by atoms with Crippen molar-refractivity contribution in [1.82, 2.24) is 4.90 Å². The number of Topliss-reactive ketones (excluding diaryl/α,β-unsaturated/α-hetero) is 5. The molecule has 568 valence electrons. The number of fused-ring (bicyclic) bond motifs is 6. The van der Waals surface area contributed by atoms with Crippen LogP contribution in [-0.2, 0) is 86.4 Å². The van der Waals surface area contributed by atoms with E-state index < -0.39 is 149 Å². The number of cyclic esters (lactones) is 2. The molecule has 2 saturated heterocycles. The van der Waals surface area contributed by atoms with Gasteiger partial charge in [-0.25, -0.2) is 9.59 Å². The molecule has 4 fully saturated rings. The van der Waals surface area contributed by atoms with Crippen molar-refractivity contribution in [3.05, 3.63) is 81.9 Å². The molecule has 4 aliphatic carbocycles. The van der Waals surface area contributed by atoms with Crippen molar-refractivity contribution in [2.45, 2.75) is 269 Å². The summed E-state index contributed by atoms with van der Waals surface area (Å²) in [7, 11) is 5.95. The van der Waals surface area contributed by atoms with Gasteiger partial charge in [-0.05, 0) is 139 Å². The van der Waals surface area contributed by atoms with Gasteiger partial charge in [0.15, 0.2) is 23.8 Å². The minimum absolute atomic E-state index is 0.00786. The Kier molecular flexibility index (Phi) is 27.2. The third-order valence-corrected chi connectivity index (χ3v) is 23.9. The zero-order valence-corrected chi connectivity index (χ0v) is 62.6. The van der Waals surface area contributed by atoms with E-state index in [0.29, 0.717) is 112 Å². The number of rotatable bonds is 17. The van der Waals surface area contributed by atoms with Crippen molar-refractivity contribution in [2.75, 3.05) is 41.6 Å². The van der Waals surface area contributed by atoms with Gasteiger partial charge in [-0.3, -0.25) is 38.4 Å². The zero-order valence-electron chi connectivity index (χ0n) is 62.6. The molecule has 20 atom stereocenters. The molecule has 23 nitrogen and oxygen atoms in total. The number of methoxy groups -OCH3 is 4. The summed E-state index contributed by atoms with van der Waals surface area (Å²) in [4.78, 5) is 144. The minimum atomic E-state index is -2.49. The fourth-order valence-electron chi connectivity index (χ4n) is 17.6. The fourth-order valence-corrected chi connectivity index (χ4v) is 17.6. The largest absolute Gasteiger partial charge is 0.460 e. The molecule has 0 radical (unpaired) electrons. The maximum Gasteiger partial charge on any atom is 0.342 e. The van der Waals surface area contributed by atoms with Gasteiger partial charge in [-0.2, -0.15) is 0 Å². The van der Waals surface area contributed by atoms with Gasteiger partial charge in [0.1, 0.15) is 47.7 Å². The number of hydrogen-bond acceptors (Lipinski definition) is 22. The van der Waals surface area contributed by atoms with Gasteiger partial charge >= 0.3 is 23.9 Å². The van der Waals surface area contributed by atoms with Crippen molar-refractivity contribution >= 4 is 58.7 Å². The third kappa shape index (κ3) is 17.4. The van der Waals surface area contributed by atoms with Crippen LogP contribution < -0.4 is 0 Å². The van der Waals surface area contributed by atoms with Crippen LogP contribution in [0.1, 0.15) is 224 Å². The predicted octanol–water partition coefficient (Wildman–Crippen LogP) is 10.6. The number of piperidine rings is 1. The molecule has 5 heterocycles. The van der Waals surface area contributed by atoms with Crippen LogP contribution in [0.3, 0.4) is 0 Å². The molecule has 8 aliphatic rings. The maximum absolute atomic E-state index is 14.9. The highest BCUT2D eigenvalue weighted by Gasteiger charge is 2.65. The average molecular weight is 1440 g/mol. The van der Waals surface area contributed by atoms with Crippen LogP contribution in [0.25, 0.3) is 0 Å². The second-order valence-corrected chi connectivity index (χ2v) is 31.1. The Labute approximate surface area is 605 Å². The first-order valence-corrected chi connectivity index (χ1v) is 37.5. The molecule has 1 aromatic heterocycles. The summed E-state index contributed by atoms with van der Waals surface area (Å²) in [5, 5.41) is 22.9. The number of aliphatic hydroxyl groups is 2. The SMILES string of the molecule is COC[C@H]1OC(=O)c2coc3c2[C@@]1(C)C1=C(C3=O)[C@@H]2CCC(=O)[C@@]2(C)C[C@H]1OC(=O)CCCCCCC(=O)O[C@@H]1/C(C)=C/[C@@H](C)C(=O)C[C@@H]([C@H](C)C[C@@H]2CC[C@@H](O)[C@H](OC)C2)OC(=O)[C@@H]2CCCCN2C(=O)C(=O)[C@]2(O)O[C@@H](CC[C@H]2C)C[C@H](OC)/C(C)=C/C=C/C=C/[C@@H](C)C[C@@H](C)C(=O)[C@@H]1OC. The Bertz CT molecular complexity index is 3480. The summed E-state index contributed by atoms with van der Waals surface area (Å²) >= 11 is 0. The molecule has 0 unspecified atom stereocenters. The molecule has 103 heavy (non-hydrogen) atoms. The molecule has 9 rings (SSSR count). The van der Waals surface area contributed by atoms with Crippen LogP contribution in [0, 0.1) is 46.8 Å². The summed E-state index contributed by atoms with van der Waals surface area (Å²) in [5.74, 6) is -11.8. The van der Waals surface area contributed by atoms with Crippen LogP contribution >= 0.6 is 0 Å². The number of ether oxygens (including phenoxy) is 9. The van der Waals surface area contributed by atoms with E-state index in [0.717, 1.165) is 5.57 Å². The lowest BCUT2D eigenvalue weighted by molar-refractivity contribution is -0.265. The number of aliphatic hydroxyl groups excluding tert-OH is 1. The van der Waals surface area contributed by atoms with Gasteiger partial charge in [0.25, 0.3) is 11.7 Å². The lowest BCUT2D eigenvalue weighted by atomic mass is 9.54. The Morgan fingerprint density at radius 1 is 0.767 bits per heavy atom. The van der Waals surface area contributed by atoms with Crippen LogP contribution in [0.15, 0.2) is 69.4 Å². The molecule has 0 aromatic carbocycles. The van der Waals surface area contributed by atoms with E-state index in [-0.39, 0.29) is 98.6 Å². The van der Waals surface area contributed by atoms with Crippen molar-refractivity contribution in [1.29, 1.82) is 0 Å². The van der Waals surface area contributed by atoms with Gasteiger partial charge in [0.05, 0.1) is 36.4 Å². The molecule has 23 heteroatoms. The number of nitrogens with zero attached hydrogens (tertiary/aromatic N) is 1. The van der Waals surface area contributed by atoms with Gasteiger partial charge < -0.3 is 62.2 Å². The highest BCUT2D eigenvalue weighted by atomic mass is 16.6. The normalized spacial score (nSPS) is 37.3. The maximum atomic E-state index is 14.9. The summed E-state index contributed by atoms with van der Waals surface area (Å²) in [6.45, 7) is 16.2. The van der Waals surface area contributed by atoms with E-state index in [4.69, 9.17) is 47.0 Å². The first kappa shape index (κ1) is 80.5. The van der Waals surface area contributed by atoms with Crippen LogP contribution in [-0.4, -0.2) is 182 Å². The van der Waals surface area contributed by atoms with Gasteiger partial charge in [-0.1, -0.05) is 90.8 Å². The molecule has 1 amide bonds. The summed E-state index contributed by atoms with van der Waals surface area (Å²) in [6.07, 6.45) is 11.5. The van der Waals surface area contributed by atoms with Crippen molar-refractivity contribution < 1.29 is 105 Å². The number of carbonyl (C=O) groups is 10. The molecular weight excluding hydrogens is 1330 g/mol. The number of esters is 4. The van der Waals surface area contributed by atoms with E-state index in [1.165, 1.54) is 25.4 Å². The number of amides is 1. The van der Waals surface area contributed by atoms with Crippen LogP contribution in [0.5, 0.6) is 0 Å². The minimum Gasteiger partial charge on any atom is -0.460 e. The Morgan fingerprint density at radius 2 is 1.49 bits per heavy atom. The molecule has 2 bridgehead atoms. The second kappa shape index (κ2) is 34.8. The van der Waals surface area contributed by atoms with E-state index in [1.807, 2.05) is 65.0 Å². The summed E-state index contributed by atoms with van der Waals surface area (Å²) < 4.78 is 60.1. The fraction of sp³-hybridized carbons (Fsp3) is 0.700. The second-order valence-electron chi connectivity index (χ2n) is 31.1. The highest BCUT2D eigenvalue weighted by molar-refractivity contribution is 6.39. The molecule has 1 aromatic rings. The third-order valence-electron chi connectivity index (χ3n) is 23.9. The molecule has 4 aliphatic heterocycles. The lowest BCUT2D eigenvalue weighted by Gasteiger charge is -2.51. The number of ketones is 5. The number of furan rings is 1. The number of hydrogen-bond donors (Lipinski definition) is 2. The number of unbranched alkanes of at least 4 members (excludes halogenated alkanes) is 3. The van der Waals surface area contributed by atoms with Crippen molar-refractivity contribution in [3.8, 4) is 0 Å². The Morgan fingerprint density at radius 3 is 2.17 bits per heavy atom.